The minimum atomic E-state index is 0.686. The summed E-state index contributed by atoms with van der Waals surface area (Å²) in [6.07, 6.45) is 7.08. The third kappa shape index (κ3) is 3.21. The Morgan fingerprint density at radius 2 is 1.88 bits per heavy atom. The van der Waals surface area contributed by atoms with Crippen molar-refractivity contribution < 1.29 is 0 Å². The molecule has 0 aromatic carbocycles. The van der Waals surface area contributed by atoms with Crippen LogP contribution in [0.1, 0.15) is 39.0 Å². The lowest BCUT2D eigenvalue weighted by atomic mass is 10.1. The van der Waals surface area contributed by atoms with Gasteiger partial charge in [-0.05, 0) is 46.8 Å². The van der Waals surface area contributed by atoms with Crippen molar-refractivity contribution in [2.45, 2.75) is 57.2 Å². The highest BCUT2D eigenvalue weighted by atomic mass is 15.3. The number of likely N-dealkylation sites (N-methyl/N-ethyl adjacent to an activating group) is 2. The standard InChI is InChI=1S/C14H29N3/c1-12-8-9-16(3)14(10-15-2)11-17(12)13-6-4-5-7-13/h12-15H,4-11H2,1-3H3. The first-order chi connectivity index (χ1) is 8.22. The largest absolute Gasteiger partial charge is 0.318 e. The SMILES string of the molecule is CNCC1CN(C2CCCC2)C(C)CCN1C. The van der Waals surface area contributed by atoms with Gasteiger partial charge in [0.15, 0.2) is 0 Å². The van der Waals surface area contributed by atoms with Gasteiger partial charge in [-0.2, -0.15) is 0 Å². The molecule has 1 saturated heterocycles. The molecule has 2 atom stereocenters. The summed E-state index contributed by atoms with van der Waals surface area (Å²) in [7, 11) is 4.36. The number of hydrogen-bond acceptors (Lipinski definition) is 3. The highest BCUT2D eigenvalue weighted by Gasteiger charge is 2.31. The van der Waals surface area contributed by atoms with Gasteiger partial charge in [-0.25, -0.2) is 0 Å². The molecule has 1 aliphatic heterocycles. The molecule has 2 unspecified atom stereocenters. The maximum absolute atomic E-state index is 3.35. The van der Waals surface area contributed by atoms with E-state index in [1.807, 2.05) is 0 Å². The highest BCUT2D eigenvalue weighted by Crippen LogP contribution is 2.27. The van der Waals surface area contributed by atoms with Crippen LogP contribution in [0.3, 0.4) is 0 Å². The summed E-state index contributed by atoms with van der Waals surface area (Å²) >= 11 is 0. The average Bonchev–Trinajstić information content (AvgIpc) is 2.80. The van der Waals surface area contributed by atoms with Gasteiger partial charge in [-0.15, -0.1) is 0 Å². The van der Waals surface area contributed by atoms with E-state index in [2.05, 4.69) is 36.1 Å². The maximum atomic E-state index is 3.35. The van der Waals surface area contributed by atoms with Gasteiger partial charge in [0.1, 0.15) is 0 Å². The monoisotopic (exact) mass is 239 g/mol. The van der Waals surface area contributed by atoms with Crippen molar-refractivity contribution in [1.82, 2.24) is 15.1 Å². The van der Waals surface area contributed by atoms with Crippen molar-refractivity contribution in [1.29, 1.82) is 0 Å². The van der Waals surface area contributed by atoms with Gasteiger partial charge in [-0.1, -0.05) is 12.8 Å². The second kappa shape index (κ2) is 6.17. The van der Waals surface area contributed by atoms with Crippen molar-refractivity contribution in [3.05, 3.63) is 0 Å². The summed E-state index contributed by atoms with van der Waals surface area (Å²) in [4.78, 5) is 5.35. The van der Waals surface area contributed by atoms with Crippen LogP contribution in [-0.4, -0.2) is 61.7 Å². The number of hydrogen-bond donors (Lipinski definition) is 1. The van der Waals surface area contributed by atoms with E-state index in [1.165, 1.54) is 45.2 Å². The molecule has 17 heavy (non-hydrogen) atoms. The van der Waals surface area contributed by atoms with E-state index in [0.29, 0.717) is 6.04 Å². The van der Waals surface area contributed by atoms with Gasteiger partial charge in [0, 0.05) is 31.2 Å². The van der Waals surface area contributed by atoms with Crippen LogP contribution in [-0.2, 0) is 0 Å². The molecule has 100 valence electrons. The summed E-state index contributed by atoms with van der Waals surface area (Å²) in [5.41, 5.74) is 0. The fraction of sp³-hybridized carbons (Fsp3) is 1.00. The molecule has 2 rings (SSSR count). The van der Waals surface area contributed by atoms with Gasteiger partial charge in [0.05, 0.1) is 0 Å². The first kappa shape index (κ1) is 13.3. The molecule has 0 aromatic rings. The van der Waals surface area contributed by atoms with Crippen LogP contribution in [0.4, 0.5) is 0 Å². The number of rotatable bonds is 3. The molecule has 2 fully saturated rings. The van der Waals surface area contributed by atoms with Crippen molar-refractivity contribution in [2.75, 3.05) is 33.7 Å². The first-order valence-electron chi connectivity index (χ1n) is 7.33. The van der Waals surface area contributed by atoms with E-state index in [-0.39, 0.29) is 0 Å². The van der Waals surface area contributed by atoms with E-state index in [4.69, 9.17) is 0 Å². The molecule has 1 saturated carbocycles. The average molecular weight is 239 g/mol. The van der Waals surface area contributed by atoms with Crippen LogP contribution in [0.25, 0.3) is 0 Å². The van der Waals surface area contributed by atoms with E-state index < -0.39 is 0 Å². The second-order valence-corrected chi connectivity index (χ2v) is 5.96. The summed E-state index contributed by atoms with van der Waals surface area (Å²) in [6, 6.07) is 2.32. The lowest BCUT2D eigenvalue weighted by Gasteiger charge is -2.35. The van der Waals surface area contributed by atoms with Crippen molar-refractivity contribution in [3.63, 3.8) is 0 Å². The summed E-state index contributed by atoms with van der Waals surface area (Å²) in [5, 5.41) is 3.35. The molecule has 3 heteroatoms. The Balaban J connectivity index is 2.01. The minimum Gasteiger partial charge on any atom is -0.318 e. The van der Waals surface area contributed by atoms with Gasteiger partial charge in [0.25, 0.3) is 0 Å². The minimum absolute atomic E-state index is 0.686. The van der Waals surface area contributed by atoms with Gasteiger partial charge >= 0.3 is 0 Å². The van der Waals surface area contributed by atoms with Crippen LogP contribution >= 0.6 is 0 Å². The van der Waals surface area contributed by atoms with Crippen LogP contribution in [0, 0.1) is 0 Å². The van der Waals surface area contributed by atoms with Gasteiger partial charge in [0.2, 0.25) is 0 Å². The third-order valence-corrected chi connectivity index (χ3v) is 4.74. The summed E-state index contributed by atoms with van der Waals surface area (Å²) < 4.78 is 0. The van der Waals surface area contributed by atoms with Gasteiger partial charge < -0.3 is 10.2 Å². The van der Waals surface area contributed by atoms with E-state index in [9.17, 15) is 0 Å². The predicted molar refractivity (Wildman–Crippen MR) is 73.4 cm³/mol. The Kier molecular flexibility index (Phi) is 4.83. The molecule has 3 nitrogen and oxygen atoms in total. The zero-order valence-electron chi connectivity index (χ0n) is 11.8. The first-order valence-corrected chi connectivity index (χ1v) is 7.33. The number of nitrogens with zero attached hydrogens (tertiary/aromatic N) is 2. The zero-order valence-corrected chi connectivity index (χ0v) is 11.8. The van der Waals surface area contributed by atoms with Crippen LogP contribution in [0.5, 0.6) is 0 Å². The molecule has 0 aromatic heterocycles. The normalized spacial score (nSPS) is 34.1. The molecular weight excluding hydrogens is 210 g/mol. The Morgan fingerprint density at radius 3 is 2.53 bits per heavy atom. The molecule has 1 heterocycles. The van der Waals surface area contributed by atoms with E-state index >= 15 is 0 Å². The molecule has 0 radical (unpaired) electrons. The smallest absolute Gasteiger partial charge is 0.0344 e. The fourth-order valence-electron chi connectivity index (χ4n) is 3.50. The van der Waals surface area contributed by atoms with E-state index in [0.717, 1.165) is 18.6 Å². The Bertz CT molecular complexity index is 226. The molecule has 1 aliphatic carbocycles. The Hall–Kier alpha value is -0.120. The van der Waals surface area contributed by atoms with Crippen molar-refractivity contribution in [2.24, 2.45) is 0 Å². The molecular formula is C14H29N3. The molecule has 2 aliphatic rings. The number of nitrogens with one attached hydrogen (secondary N) is 1. The lowest BCUT2D eigenvalue weighted by molar-refractivity contribution is 0.129. The van der Waals surface area contributed by atoms with Crippen LogP contribution < -0.4 is 5.32 Å². The molecule has 0 bridgehead atoms. The van der Waals surface area contributed by atoms with Crippen LogP contribution in [0.15, 0.2) is 0 Å². The summed E-state index contributed by atoms with van der Waals surface area (Å²) in [5.74, 6) is 0. The van der Waals surface area contributed by atoms with Gasteiger partial charge in [-0.3, -0.25) is 4.90 Å². The predicted octanol–water partition coefficient (Wildman–Crippen LogP) is 1.54. The van der Waals surface area contributed by atoms with Crippen LogP contribution in [0.2, 0.25) is 0 Å². The van der Waals surface area contributed by atoms with Crippen molar-refractivity contribution >= 4 is 0 Å². The zero-order chi connectivity index (χ0) is 12.3. The fourth-order valence-corrected chi connectivity index (χ4v) is 3.50. The lowest BCUT2D eigenvalue weighted by Crippen LogP contribution is -2.48. The molecule has 1 N–H and O–H groups in total. The quantitative estimate of drug-likeness (QED) is 0.806. The highest BCUT2D eigenvalue weighted by molar-refractivity contribution is 4.88. The topological polar surface area (TPSA) is 18.5 Å². The Labute approximate surface area is 107 Å². The summed E-state index contributed by atoms with van der Waals surface area (Å²) in [6.45, 7) is 6.04. The third-order valence-electron chi connectivity index (χ3n) is 4.74. The second-order valence-electron chi connectivity index (χ2n) is 5.96. The van der Waals surface area contributed by atoms with E-state index in [1.54, 1.807) is 0 Å². The maximum Gasteiger partial charge on any atom is 0.0344 e. The van der Waals surface area contributed by atoms with Crippen molar-refractivity contribution in [3.8, 4) is 0 Å². The molecule has 0 amide bonds. The Morgan fingerprint density at radius 1 is 1.18 bits per heavy atom. The molecule has 0 spiro atoms.